The van der Waals surface area contributed by atoms with E-state index in [4.69, 9.17) is 15.6 Å². The van der Waals surface area contributed by atoms with Gasteiger partial charge in [0.05, 0.1) is 4.90 Å². The quantitative estimate of drug-likeness (QED) is 0.712. The van der Waals surface area contributed by atoms with Crippen molar-refractivity contribution >= 4 is 15.9 Å². The van der Waals surface area contributed by atoms with Crippen LogP contribution in [-0.4, -0.2) is 45.5 Å². The van der Waals surface area contributed by atoms with Crippen molar-refractivity contribution in [2.45, 2.75) is 30.6 Å². The Bertz CT molecular complexity index is 646. The Morgan fingerprint density at radius 3 is 2.62 bits per heavy atom. The molecule has 0 bridgehead atoms. The zero-order valence-corrected chi connectivity index (χ0v) is 14.5. The molecule has 7 nitrogen and oxygen atoms in total. The van der Waals surface area contributed by atoms with Gasteiger partial charge in [-0.3, -0.25) is 9.69 Å². The highest BCUT2D eigenvalue weighted by atomic mass is 32.2. The first-order chi connectivity index (χ1) is 11.3. The number of primary sulfonamides is 1. The minimum absolute atomic E-state index is 0.0724. The molecule has 0 aromatic heterocycles. The molecule has 1 unspecified atom stereocenters. The number of nitrogens with two attached hydrogens (primary N) is 2. The lowest BCUT2D eigenvalue weighted by atomic mass is 9.93. The van der Waals surface area contributed by atoms with Crippen LogP contribution in [0.2, 0.25) is 0 Å². The van der Waals surface area contributed by atoms with Gasteiger partial charge in [0.15, 0.2) is 0 Å². The van der Waals surface area contributed by atoms with Gasteiger partial charge in [0.1, 0.15) is 12.4 Å². The third-order valence-corrected chi connectivity index (χ3v) is 5.16. The number of rotatable bonds is 8. The Morgan fingerprint density at radius 2 is 2.00 bits per heavy atom. The second-order valence-corrected chi connectivity index (χ2v) is 7.74. The van der Waals surface area contributed by atoms with Crippen molar-refractivity contribution in [3.8, 4) is 5.75 Å². The number of sulfonamides is 1. The molecule has 1 saturated heterocycles. The topological polar surface area (TPSA) is 116 Å². The molecular formula is C16H25N3O4S. The van der Waals surface area contributed by atoms with Crippen LogP contribution in [-0.2, 0) is 14.8 Å². The van der Waals surface area contributed by atoms with Gasteiger partial charge in [0.25, 0.3) is 0 Å². The Kier molecular flexibility index (Phi) is 6.59. The van der Waals surface area contributed by atoms with Crippen LogP contribution in [0, 0.1) is 5.92 Å². The Morgan fingerprint density at radius 1 is 1.29 bits per heavy atom. The van der Waals surface area contributed by atoms with Gasteiger partial charge in [-0.25, -0.2) is 13.6 Å². The highest BCUT2D eigenvalue weighted by molar-refractivity contribution is 7.89. The van der Waals surface area contributed by atoms with Crippen molar-refractivity contribution in [3.63, 3.8) is 0 Å². The lowest BCUT2D eigenvalue weighted by Crippen LogP contribution is -2.38. The summed E-state index contributed by atoms with van der Waals surface area (Å²) < 4.78 is 28.0. The van der Waals surface area contributed by atoms with Gasteiger partial charge in [0, 0.05) is 19.5 Å². The largest absolute Gasteiger partial charge is 0.492 e. The number of ether oxygens (including phenoxy) is 1. The van der Waals surface area contributed by atoms with E-state index in [1.807, 2.05) is 0 Å². The monoisotopic (exact) mass is 355 g/mol. The molecule has 24 heavy (non-hydrogen) atoms. The fourth-order valence-electron chi connectivity index (χ4n) is 2.95. The Labute approximate surface area is 143 Å². The average molecular weight is 355 g/mol. The maximum absolute atomic E-state index is 11.2. The van der Waals surface area contributed by atoms with Gasteiger partial charge in [-0.15, -0.1) is 0 Å². The van der Waals surface area contributed by atoms with E-state index in [1.165, 1.54) is 12.1 Å². The van der Waals surface area contributed by atoms with Crippen molar-refractivity contribution in [1.29, 1.82) is 0 Å². The normalized spacial score (nSPS) is 19.1. The number of benzene rings is 1. The van der Waals surface area contributed by atoms with Gasteiger partial charge in [-0.1, -0.05) is 0 Å². The number of carbonyl (C=O) groups is 1. The molecule has 0 saturated carbocycles. The minimum atomic E-state index is -3.67. The number of primary amides is 1. The summed E-state index contributed by atoms with van der Waals surface area (Å²) in [6.45, 7) is 3.31. The minimum Gasteiger partial charge on any atom is -0.492 e. The molecule has 1 heterocycles. The summed E-state index contributed by atoms with van der Waals surface area (Å²) in [6.07, 6.45) is 3.55. The standard InChI is InChI=1S/C16H25N3O4S/c17-16(20)8-3-13-2-1-9-19(12-13)10-11-23-14-4-6-15(7-5-14)24(18,21)22/h4-7,13H,1-3,8-12H2,(H2,17,20)(H2,18,21,22). The number of piperidine rings is 1. The van der Waals surface area contributed by atoms with Crippen LogP contribution in [0.3, 0.4) is 0 Å². The van der Waals surface area contributed by atoms with E-state index >= 15 is 0 Å². The lowest BCUT2D eigenvalue weighted by Gasteiger charge is -2.32. The van der Waals surface area contributed by atoms with Gasteiger partial charge >= 0.3 is 0 Å². The van der Waals surface area contributed by atoms with Crippen molar-refractivity contribution in [2.75, 3.05) is 26.2 Å². The molecule has 1 aliphatic rings. The number of nitrogens with zero attached hydrogens (tertiary/aromatic N) is 1. The molecule has 1 aromatic rings. The molecule has 1 fully saturated rings. The fraction of sp³-hybridized carbons (Fsp3) is 0.562. The number of hydrogen-bond acceptors (Lipinski definition) is 5. The van der Waals surface area contributed by atoms with Gasteiger partial charge in [-0.05, 0) is 56.0 Å². The smallest absolute Gasteiger partial charge is 0.238 e. The van der Waals surface area contributed by atoms with Crippen LogP contribution in [0.15, 0.2) is 29.2 Å². The summed E-state index contributed by atoms with van der Waals surface area (Å²) in [5, 5.41) is 5.06. The molecule has 4 N–H and O–H groups in total. The van der Waals surface area contributed by atoms with E-state index in [9.17, 15) is 13.2 Å². The predicted octanol–water partition coefficient (Wildman–Crippen LogP) is 0.690. The molecule has 8 heteroatoms. The molecule has 0 radical (unpaired) electrons. The Hall–Kier alpha value is -1.64. The first-order valence-electron chi connectivity index (χ1n) is 8.11. The van der Waals surface area contributed by atoms with E-state index in [1.54, 1.807) is 12.1 Å². The van der Waals surface area contributed by atoms with E-state index < -0.39 is 10.0 Å². The van der Waals surface area contributed by atoms with Gasteiger partial charge in [0.2, 0.25) is 15.9 Å². The summed E-state index contributed by atoms with van der Waals surface area (Å²) in [7, 11) is -3.67. The third kappa shape index (κ3) is 6.10. The van der Waals surface area contributed by atoms with Crippen LogP contribution in [0.4, 0.5) is 0 Å². The molecule has 0 aliphatic carbocycles. The number of carbonyl (C=O) groups excluding carboxylic acids is 1. The van der Waals surface area contributed by atoms with Gasteiger partial charge in [-0.2, -0.15) is 0 Å². The molecular weight excluding hydrogens is 330 g/mol. The van der Waals surface area contributed by atoms with Crippen molar-refractivity contribution in [3.05, 3.63) is 24.3 Å². The summed E-state index contributed by atoms with van der Waals surface area (Å²) in [6, 6.07) is 6.08. The highest BCUT2D eigenvalue weighted by Crippen LogP contribution is 2.21. The number of likely N-dealkylation sites (tertiary alicyclic amines) is 1. The fourth-order valence-corrected chi connectivity index (χ4v) is 3.47. The maximum Gasteiger partial charge on any atom is 0.238 e. The average Bonchev–Trinajstić information content (AvgIpc) is 2.53. The lowest BCUT2D eigenvalue weighted by molar-refractivity contribution is -0.118. The van der Waals surface area contributed by atoms with Crippen LogP contribution in [0.1, 0.15) is 25.7 Å². The van der Waals surface area contributed by atoms with Crippen LogP contribution in [0.25, 0.3) is 0 Å². The highest BCUT2D eigenvalue weighted by Gasteiger charge is 2.20. The second kappa shape index (κ2) is 8.46. The zero-order valence-electron chi connectivity index (χ0n) is 13.7. The molecule has 0 spiro atoms. The second-order valence-electron chi connectivity index (χ2n) is 6.18. The summed E-state index contributed by atoms with van der Waals surface area (Å²) >= 11 is 0. The van der Waals surface area contributed by atoms with Crippen LogP contribution in [0.5, 0.6) is 5.75 Å². The predicted molar refractivity (Wildman–Crippen MR) is 90.9 cm³/mol. The molecule has 1 aromatic carbocycles. The first-order valence-corrected chi connectivity index (χ1v) is 9.65. The molecule has 1 amide bonds. The summed E-state index contributed by atoms with van der Waals surface area (Å²) in [5.74, 6) is 0.892. The number of amides is 1. The summed E-state index contributed by atoms with van der Waals surface area (Å²) in [4.78, 5) is 13.3. The zero-order chi connectivity index (χ0) is 17.6. The van der Waals surface area contributed by atoms with Crippen molar-refractivity contribution in [2.24, 2.45) is 16.8 Å². The van der Waals surface area contributed by atoms with E-state index in [-0.39, 0.29) is 10.8 Å². The first kappa shape index (κ1) is 18.7. The van der Waals surface area contributed by atoms with E-state index in [0.29, 0.717) is 24.7 Å². The molecule has 134 valence electrons. The SMILES string of the molecule is NC(=O)CCC1CCCN(CCOc2ccc(S(N)(=O)=O)cc2)C1. The van der Waals surface area contributed by atoms with Crippen molar-refractivity contribution < 1.29 is 17.9 Å². The van der Waals surface area contributed by atoms with Gasteiger partial charge < -0.3 is 10.5 Å². The van der Waals surface area contributed by atoms with E-state index in [0.717, 1.165) is 38.9 Å². The third-order valence-electron chi connectivity index (χ3n) is 4.23. The van der Waals surface area contributed by atoms with Crippen LogP contribution < -0.4 is 15.6 Å². The Balaban J connectivity index is 1.74. The van der Waals surface area contributed by atoms with Crippen molar-refractivity contribution in [1.82, 2.24) is 4.90 Å². The molecule has 1 aliphatic heterocycles. The molecule has 1 atom stereocenters. The summed E-state index contributed by atoms with van der Waals surface area (Å²) in [5.41, 5.74) is 5.21. The maximum atomic E-state index is 11.2. The number of hydrogen-bond donors (Lipinski definition) is 2. The molecule has 2 rings (SSSR count). The van der Waals surface area contributed by atoms with Crippen LogP contribution >= 0.6 is 0 Å². The van der Waals surface area contributed by atoms with E-state index in [2.05, 4.69) is 4.90 Å².